The first kappa shape index (κ1) is 19.7. The maximum Gasteiger partial charge on any atom is 0.189 e. The van der Waals surface area contributed by atoms with E-state index in [2.05, 4.69) is 37.6 Å². The molecule has 2 aliphatic rings. The van der Waals surface area contributed by atoms with E-state index in [1.54, 1.807) is 12.4 Å². The molecule has 0 saturated carbocycles. The molecule has 2 N–H and O–H groups in total. The lowest BCUT2D eigenvalue weighted by Gasteiger charge is -2.39. The van der Waals surface area contributed by atoms with Gasteiger partial charge in [-0.3, -0.25) is 9.88 Å². The number of piperidine rings is 1. The summed E-state index contributed by atoms with van der Waals surface area (Å²) in [6, 6.07) is 11.7. The lowest BCUT2D eigenvalue weighted by Crippen LogP contribution is -2.47. The predicted molar refractivity (Wildman–Crippen MR) is 120 cm³/mol. The minimum atomic E-state index is 0.340. The average Bonchev–Trinajstić information content (AvgIpc) is 3.33. The largest absolute Gasteiger partial charge is 0.367 e. The fraction of sp³-hybridized carbons (Fsp3) is 0.409. The average molecular weight is 431 g/mol. The van der Waals surface area contributed by atoms with Gasteiger partial charge in [0.25, 0.3) is 0 Å². The molecule has 5 rings (SSSR count). The molecule has 156 valence electrons. The van der Waals surface area contributed by atoms with Gasteiger partial charge in [0.15, 0.2) is 5.13 Å². The van der Waals surface area contributed by atoms with Crippen molar-refractivity contribution in [3.05, 3.63) is 35.5 Å². The van der Waals surface area contributed by atoms with Crippen LogP contribution in [0.1, 0.15) is 37.0 Å². The van der Waals surface area contributed by atoms with Crippen LogP contribution in [-0.2, 0) is 0 Å². The van der Waals surface area contributed by atoms with E-state index in [9.17, 15) is 0 Å². The molecule has 9 heteroatoms. The van der Waals surface area contributed by atoms with Gasteiger partial charge in [0.05, 0.1) is 17.8 Å². The molecule has 8 nitrogen and oxygen atoms in total. The SMILES string of the molecule is N#CCCN1[C@@H]2CC[C@H]1C[C@H](Nc1nc(Nc3ncc(C#N)s3)cc3ncccc13)C2. The molecule has 0 amide bonds. The Morgan fingerprint density at radius 2 is 2.03 bits per heavy atom. The summed E-state index contributed by atoms with van der Waals surface area (Å²) in [5.41, 5.74) is 0.856. The molecule has 3 aromatic heterocycles. The van der Waals surface area contributed by atoms with E-state index in [1.165, 1.54) is 24.2 Å². The molecule has 3 aromatic rings. The smallest absolute Gasteiger partial charge is 0.189 e. The summed E-state index contributed by atoms with van der Waals surface area (Å²) in [5, 5.41) is 26.5. The van der Waals surface area contributed by atoms with E-state index in [0.717, 1.165) is 36.1 Å². The van der Waals surface area contributed by atoms with E-state index in [0.29, 0.717) is 40.4 Å². The minimum absolute atomic E-state index is 0.340. The highest BCUT2D eigenvalue weighted by atomic mass is 32.1. The van der Waals surface area contributed by atoms with Gasteiger partial charge in [0, 0.05) is 48.7 Å². The highest BCUT2D eigenvalue weighted by Gasteiger charge is 2.40. The van der Waals surface area contributed by atoms with Crippen molar-refractivity contribution in [3.8, 4) is 12.1 Å². The quantitative estimate of drug-likeness (QED) is 0.603. The normalized spacial score (nSPS) is 22.7. The number of hydrogen-bond acceptors (Lipinski definition) is 9. The molecule has 3 atom stereocenters. The summed E-state index contributed by atoms with van der Waals surface area (Å²) in [7, 11) is 0. The summed E-state index contributed by atoms with van der Waals surface area (Å²) >= 11 is 1.30. The first-order valence-corrected chi connectivity index (χ1v) is 11.3. The van der Waals surface area contributed by atoms with E-state index < -0.39 is 0 Å². The van der Waals surface area contributed by atoms with Crippen LogP contribution in [0.25, 0.3) is 10.9 Å². The fourth-order valence-electron chi connectivity index (χ4n) is 4.87. The first-order chi connectivity index (χ1) is 15.2. The predicted octanol–water partition coefficient (Wildman–Crippen LogP) is 4.02. The van der Waals surface area contributed by atoms with Crippen LogP contribution in [-0.4, -0.2) is 44.5 Å². The van der Waals surface area contributed by atoms with Crippen molar-refractivity contribution in [1.82, 2.24) is 19.9 Å². The lowest BCUT2D eigenvalue weighted by molar-refractivity contribution is 0.136. The lowest BCUT2D eigenvalue weighted by atomic mass is 9.97. The van der Waals surface area contributed by atoms with Crippen molar-refractivity contribution in [2.75, 3.05) is 17.2 Å². The summed E-state index contributed by atoms with van der Waals surface area (Å²) in [6.07, 6.45) is 8.46. The Morgan fingerprint density at radius 1 is 1.19 bits per heavy atom. The summed E-state index contributed by atoms with van der Waals surface area (Å²) in [6.45, 7) is 0.877. The first-order valence-electron chi connectivity index (χ1n) is 10.5. The van der Waals surface area contributed by atoms with E-state index in [-0.39, 0.29) is 0 Å². The fourth-order valence-corrected chi connectivity index (χ4v) is 5.49. The molecular formula is C22H22N8S. The Balaban J connectivity index is 1.38. The van der Waals surface area contributed by atoms with Crippen LogP contribution in [0.15, 0.2) is 30.6 Å². The molecule has 0 unspecified atom stereocenters. The minimum Gasteiger partial charge on any atom is -0.367 e. The molecule has 2 saturated heterocycles. The zero-order valence-electron chi connectivity index (χ0n) is 17.0. The van der Waals surface area contributed by atoms with Crippen LogP contribution in [0.3, 0.4) is 0 Å². The van der Waals surface area contributed by atoms with Crippen molar-refractivity contribution in [2.24, 2.45) is 0 Å². The molecular weight excluding hydrogens is 408 g/mol. The molecule has 31 heavy (non-hydrogen) atoms. The highest BCUT2D eigenvalue weighted by Crippen LogP contribution is 2.37. The van der Waals surface area contributed by atoms with Crippen molar-refractivity contribution >= 4 is 39.0 Å². The number of hydrogen-bond donors (Lipinski definition) is 2. The van der Waals surface area contributed by atoms with E-state index in [4.69, 9.17) is 15.5 Å². The van der Waals surface area contributed by atoms with Crippen molar-refractivity contribution < 1.29 is 0 Å². The van der Waals surface area contributed by atoms with Crippen LogP contribution in [0.4, 0.5) is 16.8 Å². The standard InChI is InChI=1S/C22H22N8S/c23-6-2-8-30-15-4-5-16(30)10-14(9-15)27-21-18-3-1-7-25-19(18)11-20(28-21)29-22-26-13-17(12-24)31-22/h1,3,7,11,13-16H,2,4-5,8-10H2,(H2,26,27,28,29)/t14-,15-,16+. The third-order valence-corrected chi connectivity index (χ3v) is 6.97. The number of anilines is 3. The molecule has 0 aliphatic carbocycles. The summed E-state index contributed by atoms with van der Waals surface area (Å²) < 4.78 is 0. The van der Waals surface area contributed by atoms with Gasteiger partial charge in [-0.15, -0.1) is 0 Å². The van der Waals surface area contributed by atoms with Gasteiger partial charge >= 0.3 is 0 Å². The number of fused-ring (bicyclic) bond motifs is 3. The van der Waals surface area contributed by atoms with Gasteiger partial charge in [0.2, 0.25) is 0 Å². The monoisotopic (exact) mass is 430 g/mol. The van der Waals surface area contributed by atoms with Crippen LogP contribution in [0.2, 0.25) is 0 Å². The zero-order valence-corrected chi connectivity index (χ0v) is 17.8. The van der Waals surface area contributed by atoms with Crippen LogP contribution in [0, 0.1) is 22.7 Å². The molecule has 2 fully saturated rings. The van der Waals surface area contributed by atoms with Gasteiger partial charge in [-0.05, 0) is 37.8 Å². The number of nitrogens with zero attached hydrogens (tertiary/aromatic N) is 6. The molecule has 2 aliphatic heterocycles. The maximum atomic E-state index is 9.04. The second-order valence-corrected chi connectivity index (χ2v) is 9.07. The van der Waals surface area contributed by atoms with Crippen molar-refractivity contribution in [1.29, 1.82) is 10.5 Å². The van der Waals surface area contributed by atoms with Gasteiger partial charge in [-0.1, -0.05) is 11.3 Å². The van der Waals surface area contributed by atoms with Crippen LogP contribution >= 0.6 is 11.3 Å². The number of nitriles is 2. The van der Waals surface area contributed by atoms with Gasteiger partial charge in [0.1, 0.15) is 22.6 Å². The molecule has 5 heterocycles. The second kappa shape index (κ2) is 8.46. The van der Waals surface area contributed by atoms with E-state index in [1.807, 2.05) is 18.2 Å². The Hall–Kier alpha value is -3.27. The maximum absolute atomic E-state index is 9.04. The topological polar surface area (TPSA) is 114 Å². The summed E-state index contributed by atoms with van der Waals surface area (Å²) in [5.74, 6) is 1.47. The van der Waals surface area contributed by atoms with Gasteiger partial charge < -0.3 is 10.6 Å². The molecule has 0 radical (unpaired) electrons. The Morgan fingerprint density at radius 3 is 2.77 bits per heavy atom. The zero-order chi connectivity index (χ0) is 21.2. The molecule has 0 spiro atoms. The number of thiazole rings is 1. The van der Waals surface area contributed by atoms with Crippen molar-refractivity contribution in [2.45, 2.75) is 50.2 Å². The number of nitrogens with one attached hydrogen (secondary N) is 2. The van der Waals surface area contributed by atoms with Crippen LogP contribution < -0.4 is 10.6 Å². The molecule has 2 bridgehead atoms. The van der Waals surface area contributed by atoms with Gasteiger partial charge in [-0.25, -0.2) is 9.97 Å². The second-order valence-electron chi connectivity index (χ2n) is 8.04. The van der Waals surface area contributed by atoms with Gasteiger partial charge in [-0.2, -0.15) is 10.5 Å². The van der Waals surface area contributed by atoms with E-state index >= 15 is 0 Å². The van der Waals surface area contributed by atoms with Crippen molar-refractivity contribution in [3.63, 3.8) is 0 Å². The third kappa shape index (κ3) is 4.02. The molecule has 0 aromatic carbocycles. The Labute approximate surface area is 184 Å². The Kier molecular flexibility index (Phi) is 5.37. The number of aromatic nitrogens is 3. The number of rotatable bonds is 6. The highest BCUT2D eigenvalue weighted by molar-refractivity contribution is 7.16. The third-order valence-electron chi connectivity index (χ3n) is 6.16. The summed E-state index contributed by atoms with van der Waals surface area (Å²) in [4.78, 5) is 16.7. The number of pyridine rings is 2. The van der Waals surface area contributed by atoms with Crippen LogP contribution in [0.5, 0.6) is 0 Å². The Bertz CT molecular complexity index is 1160.